The van der Waals surface area contributed by atoms with Gasteiger partial charge in [-0.2, -0.15) is 23.5 Å². The number of carboxylic acid groups (broad SMARTS) is 1. The number of thioether (sulfide) groups is 2. The summed E-state index contributed by atoms with van der Waals surface area (Å²) in [4.78, 5) is 140. The lowest BCUT2D eigenvalue weighted by Gasteiger charge is -2.36. The summed E-state index contributed by atoms with van der Waals surface area (Å²) in [5, 5.41) is 21.6. The van der Waals surface area contributed by atoms with Crippen molar-refractivity contribution in [2.45, 2.75) is 89.0 Å². The van der Waals surface area contributed by atoms with Crippen molar-refractivity contribution in [1.29, 1.82) is 0 Å². The smallest absolute Gasteiger partial charge is 0.408 e. The van der Waals surface area contributed by atoms with E-state index in [1.54, 1.807) is 61.1 Å². The van der Waals surface area contributed by atoms with Gasteiger partial charge in [-0.15, -0.1) is 0 Å². The molecular weight excluding hydrogens is 957 g/mol. The summed E-state index contributed by atoms with van der Waals surface area (Å²) in [6.07, 6.45) is 1.50. The number of nitrogens with zero attached hydrogens (tertiary/aromatic N) is 5. The standard InChI is InChI=1S/C40H70N10O13S4/c1-39(2,3)62-37(60)44-23-17-46(8)34(57)26(20-64-13)49(11)33(56)25(41-7)19-66-67-22-28(48(10)29(51)15-42-31(23)54)36(59)50(12)27(21-65-14)35(58)47(9)18-24(32(55)43-16-30(52)53)45-38(61)63-40(4,5)6/h23-28,41H,15-22H2,1-14H3,(H,42,54)(H,43,55)(H,44,60)(H,45,61)(H,52,53)/t23-,24-,25+,26+,27+,28+/m1/s1. The molecule has 0 saturated carbocycles. The van der Waals surface area contributed by atoms with Crippen LogP contribution >= 0.6 is 45.1 Å². The Hall–Kier alpha value is -4.34. The van der Waals surface area contributed by atoms with Crippen molar-refractivity contribution in [3.05, 3.63) is 0 Å². The van der Waals surface area contributed by atoms with Crippen molar-refractivity contribution in [3.8, 4) is 0 Å². The van der Waals surface area contributed by atoms with Crippen molar-refractivity contribution >= 4 is 105 Å². The van der Waals surface area contributed by atoms with Gasteiger partial charge in [-0.3, -0.25) is 38.4 Å². The number of aliphatic carboxylic acids is 1. The number of amides is 9. The Morgan fingerprint density at radius 1 is 0.866 bits per heavy atom. The molecule has 1 aliphatic heterocycles. The first-order valence-corrected chi connectivity index (χ1v) is 26.2. The Morgan fingerprint density at radius 3 is 1.99 bits per heavy atom. The molecular formula is C40H70N10O13S4. The van der Waals surface area contributed by atoms with E-state index in [1.807, 2.05) is 0 Å². The average Bonchev–Trinajstić information content (AvgIpc) is 3.22. The molecule has 0 unspecified atom stereocenters. The number of carbonyl (C=O) groups is 10. The maximum atomic E-state index is 14.6. The predicted octanol–water partition coefficient (Wildman–Crippen LogP) is -0.803. The van der Waals surface area contributed by atoms with Crippen LogP contribution in [0.4, 0.5) is 9.59 Å². The third kappa shape index (κ3) is 20.8. The summed E-state index contributed by atoms with van der Waals surface area (Å²) in [5.41, 5.74) is -1.91. The maximum absolute atomic E-state index is 14.6. The van der Waals surface area contributed by atoms with E-state index in [-0.39, 0.29) is 29.6 Å². The molecule has 6 atom stereocenters. The van der Waals surface area contributed by atoms with Gasteiger partial charge in [0.25, 0.3) is 0 Å². The molecule has 1 rings (SSSR count). The Morgan fingerprint density at radius 2 is 1.45 bits per heavy atom. The zero-order valence-corrected chi connectivity index (χ0v) is 44.1. The number of ether oxygens (including phenoxy) is 2. The fourth-order valence-corrected chi connectivity index (χ4v) is 9.92. The first kappa shape index (κ1) is 60.7. The molecule has 0 aliphatic carbocycles. The van der Waals surface area contributed by atoms with Gasteiger partial charge in [-0.1, -0.05) is 21.6 Å². The maximum Gasteiger partial charge on any atom is 0.408 e. The molecule has 1 heterocycles. The lowest BCUT2D eigenvalue weighted by molar-refractivity contribution is -0.148. The molecule has 382 valence electrons. The van der Waals surface area contributed by atoms with Crippen LogP contribution in [0.5, 0.6) is 0 Å². The minimum Gasteiger partial charge on any atom is -0.480 e. The molecule has 27 heteroatoms. The highest BCUT2D eigenvalue weighted by Crippen LogP contribution is 2.26. The quantitative estimate of drug-likeness (QED) is 0.110. The molecule has 1 saturated heterocycles. The molecule has 23 nitrogen and oxygen atoms in total. The number of hydrogen-bond acceptors (Lipinski definition) is 17. The number of hydrogen-bond donors (Lipinski definition) is 6. The Kier molecular flexibility index (Phi) is 25.6. The molecule has 9 amide bonds. The third-order valence-corrected chi connectivity index (χ3v) is 13.4. The topological polar surface area (TPSA) is 286 Å². The minimum atomic E-state index is -1.47. The number of likely N-dealkylation sites (N-methyl/N-ethyl adjacent to an activating group) is 6. The highest BCUT2D eigenvalue weighted by molar-refractivity contribution is 8.76. The first-order valence-electron chi connectivity index (χ1n) is 20.9. The van der Waals surface area contributed by atoms with E-state index >= 15 is 0 Å². The van der Waals surface area contributed by atoms with Crippen LogP contribution in [0.15, 0.2) is 0 Å². The van der Waals surface area contributed by atoms with Crippen LogP contribution in [0, 0.1) is 0 Å². The summed E-state index contributed by atoms with van der Waals surface area (Å²) in [6.45, 7) is 7.40. The number of carbonyl (C=O) groups excluding carboxylic acids is 9. The van der Waals surface area contributed by atoms with Crippen LogP contribution in [-0.4, -0.2) is 241 Å². The fraction of sp³-hybridized carbons (Fsp3) is 0.750. The zero-order valence-electron chi connectivity index (χ0n) is 40.8. The molecule has 0 radical (unpaired) electrons. The van der Waals surface area contributed by atoms with E-state index < -0.39 is 127 Å². The third-order valence-electron chi connectivity index (χ3n) is 9.69. The van der Waals surface area contributed by atoms with Crippen molar-refractivity contribution in [1.82, 2.24) is 51.1 Å². The second kappa shape index (κ2) is 28.2. The summed E-state index contributed by atoms with van der Waals surface area (Å²) in [6, 6.07) is -7.12. The summed E-state index contributed by atoms with van der Waals surface area (Å²) >= 11 is 2.55. The Labute approximate surface area is 409 Å². The van der Waals surface area contributed by atoms with Crippen LogP contribution < -0.4 is 26.6 Å². The number of carboxylic acids is 1. The van der Waals surface area contributed by atoms with Crippen LogP contribution in [0.25, 0.3) is 0 Å². The highest BCUT2D eigenvalue weighted by Gasteiger charge is 2.39. The summed E-state index contributed by atoms with van der Waals surface area (Å²) in [7, 11) is 11.0. The molecule has 0 aromatic heterocycles. The van der Waals surface area contributed by atoms with Crippen LogP contribution in [0.2, 0.25) is 0 Å². The zero-order chi connectivity index (χ0) is 51.6. The van der Waals surface area contributed by atoms with Gasteiger partial charge in [0.05, 0.1) is 12.6 Å². The lowest BCUT2D eigenvalue weighted by Crippen LogP contribution is -2.60. The second-order valence-corrected chi connectivity index (χ2v) is 21.8. The number of alkyl carbamates (subject to hydrolysis) is 2. The van der Waals surface area contributed by atoms with Crippen LogP contribution in [0.1, 0.15) is 41.5 Å². The predicted molar refractivity (Wildman–Crippen MR) is 259 cm³/mol. The molecule has 1 fully saturated rings. The van der Waals surface area contributed by atoms with Gasteiger partial charge >= 0.3 is 18.2 Å². The van der Waals surface area contributed by atoms with E-state index in [1.165, 1.54) is 90.1 Å². The highest BCUT2D eigenvalue weighted by atomic mass is 33.1. The van der Waals surface area contributed by atoms with Gasteiger partial charge < -0.3 is 65.7 Å². The number of rotatable bonds is 15. The van der Waals surface area contributed by atoms with Crippen molar-refractivity contribution < 1.29 is 62.5 Å². The molecule has 0 aromatic rings. The largest absolute Gasteiger partial charge is 0.480 e. The normalized spacial score (nSPS) is 20.6. The van der Waals surface area contributed by atoms with E-state index in [2.05, 4.69) is 26.6 Å². The Bertz CT molecular complexity index is 1770. The van der Waals surface area contributed by atoms with E-state index in [0.29, 0.717) is 0 Å². The van der Waals surface area contributed by atoms with E-state index in [0.717, 1.165) is 14.7 Å². The molecule has 6 N–H and O–H groups in total. The molecule has 1 aliphatic rings. The van der Waals surface area contributed by atoms with Crippen molar-refractivity contribution in [2.24, 2.45) is 0 Å². The Balaban J connectivity index is 3.67. The van der Waals surface area contributed by atoms with Crippen molar-refractivity contribution in [2.75, 3.05) is 104 Å². The summed E-state index contributed by atoms with van der Waals surface area (Å²) in [5.74, 6) is -5.76. The van der Waals surface area contributed by atoms with Gasteiger partial charge in [-0.05, 0) is 61.1 Å². The lowest BCUT2D eigenvalue weighted by atomic mass is 10.1. The fourth-order valence-electron chi connectivity index (χ4n) is 6.05. The number of nitrogens with one attached hydrogen (secondary N) is 5. The first-order chi connectivity index (χ1) is 31.0. The second-order valence-electron chi connectivity index (χ2n) is 17.4. The van der Waals surface area contributed by atoms with E-state index in [9.17, 15) is 47.9 Å². The molecule has 67 heavy (non-hydrogen) atoms. The molecule has 0 aromatic carbocycles. The minimum absolute atomic E-state index is 0.0448. The molecule has 0 spiro atoms. The SMILES string of the molecule is CN[C@H]1CSSC[C@@H](C(=O)N(C)[C@@H](CSC)C(=O)N(C)C[C@@H](NC(=O)OC(C)(C)C)C(=O)NCC(=O)O)N(C)C(=O)CNC(=O)[C@H](NC(=O)OC(C)(C)C)CN(C)C(=O)[C@H](CSC)N(C)C1=O. The van der Waals surface area contributed by atoms with Gasteiger partial charge in [0, 0.05) is 71.3 Å². The van der Waals surface area contributed by atoms with Gasteiger partial charge in [0.2, 0.25) is 41.4 Å². The van der Waals surface area contributed by atoms with E-state index in [4.69, 9.17) is 14.6 Å². The van der Waals surface area contributed by atoms with Crippen LogP contribution in [0.3, 0.4) is 0 Å². The van der Waals surface area contributed by atoms with Crippen LogP contribution in [-0.2, 0) is 47.8 Å². The van der Waals surface area contributed by atoms with Gasteiger partial charge in [-0.25, -0.2) is 9.59 Å². The monoisotopic (exact) mass is 1030 g/mol. The average molecular weight is 1030 g/mol. The van der Waals surface area contributed by atoms with Crippen molar-refractivity contribution in [3.63, 3.8) is 0 Å². The summed E-state index contributed by atoms with van der Waals surface area (Å²) < 4.78 is 10.6. The van der Waals surface area contributed by atoms with Gasteiger partial charge in [0.15, 0.2) is 0 Å². The van der Waals surface area contributed by atoms with Gasteiger partial charge in [0.1, 0.15) is 48.0 Å². The molecule has 0 bridgehead atoms.